The van der Waals surface area contributed by atoms with Crippen molar-refractivity contribution in [2.75, 3.05) is 16.4 Å². The van der Waals surface area contributed by atoms with Crippen LogP contribution in [0.4, 0.5) is 11.4 Å². The Kier molecular flexibility index (Phi) is 10.2. The first kappa shape index (κ1) is 31.4. The van der Waals surface area contributed by atoms with E-state index in [1.807, 2.05) is 68.4 Å². The number of halogens is 1. The van der Waals surface area contributed by atoms with Gasteiger partial charge in [-0.25, -0.2) is 0 Å². The van der Waals surface area contributed by atoms with Crippen LogP contribution in [-0.4, -0.2) is 23.5 Å². The van der Waals surface area contributed by atoms with E-state index in [-0.39, 0.29) is 17.4 Å². The molecule has 5 aromatic rings. The number of rotatable bonds is 10. The molecule has 0 aliphatic heterocycles. The number of furan rings is 1. The quantitative estimate of drug-likeness (QED) is 0.106. The average Bonchev–Trinajstić information content (AvgIpc) is 3.51. The van der Waals surface area contributed by atoms with E-state index in [9.17, 15) is 14.4 Å². The van der Waals surface area contributed by atoms with Gasteiger partial charge in [0.05, 0.1) is 5.75 Å². The number of carbonyl (C=O) groups excluding carboxylic acids is 3. The zero-order valence-electron chi connectivity index (χ0n) is 24.6. The first-order valence-corrected chi connectivity index (χ1v) is 15.4. The standard InChI is InChI=1S/C36H30ClN3O4S/c1-23-8-11-25(12-9-23)33-19-16-29(44-33)21-32(40-35(42)26-6-4-3-5-7-26)36(43)39-27-14-17-30(18-15-27)45-22-34(41)38-28-13-10-24(2)31(37)20-28/h3-21H,22H2,1-2H3,(H,38,41)(H,39,43)(H,40,42)/b32-21-. The Balaban J connectivity index is 1.26. The minimum atomic E-state index is -0.524. The number of thioether (sulfide) groups is 1. The van der Waals surface area contributed by atoms with Gasteiger partial charge in [-0.1, -0.05) is 65.7 Å². The molecule has 226 valence electrons. The number of amides is 3. The Morgan fingerprint density at radius 3 is 2.22 bits per heavy atom. The van der Waals surface area contributed by atoms with Gasteiger partial charge in [-0.15, -0.1) is 11.8 Å². The predicted octanol–water partition coefficient (Wildman–Crippen LogP) is 8.36. The van der Waals surface area contributed by atoms with Crippen molar-refractivity contribution in [2.24, 2.45) is 0 Å². The second-order valence-electron chi connectivity index (χ2n) is 10.2. The topological polar surface area (TPSA) is 100 Å². The zero-order valence-corrected chi connectivity index (χ0v) is 26.2. The monoisotopic (exact) mass is 635 g/mol. The van der Waals surface area contributed by atoms with E-state index in [2.05, 4.69) is 16.0 Å². The van der Waals surface area contributed by atoms with Gasteiger partial charge in [0, 0.05) is 38.5 Å². The van der Waals surface area contributed by atoms with Crippen molar-refractivity contribution in [2.45, 2.75) is 18.7 Å². The van der Waals surface area contributed by atoms with Gasteiger partial charge >= 0.3 is 0 Å². The minimum Gasteiger partial charge on any atom is -0.457 e. The molecule has 0 aliphatic carbocycles. The van der Waals surface area contributed by atoms with Gasteiger partial charge < -0.3 is 20.4 Å². The normalized spacial score (nSPS) is 11.1. The molecule has 4 aromatic carbocycles. The largest absolute Gasteiger partial charge is 0.457 e. The lowest BCUT2D eigenvalue weighted by atomic mass is 10.1. The van der Waals surface area contributed by atoms with E-state index >= 15 is 0 Å². The summed E-state index contributed by atoms with van der Waals surface area (Å²) in [5, 5.41) is 8.99. The Morgan fingerprint density at radius 2 is 1.51 bits per heavy atom. The molecule has 45 heavy (non-hydrogen) atoms. The first-order chi connectivity index (χ1) is 21.7. The van der Waals surface area contributed by atoms with Crippen molar-refractivity contribution in [3.05, 3.63) is 142 Å². The summed E-state index contributed by atoms with van der Waals surface area (Å²) < 4.78 is 5.99. The fourth-order valence-corrected chi connectivity index (χ4v) is 5.12. The van der Waals surface area contributed by atoms with Crippen LogP contribution in [0.25, 0.3) is 17.4 Å². The van der Waals surface area contributed by atoms with Gasteiger partial charge in [0.1, 0.15) is 17.2 Å². The molecule has 7 nitrogen and oxygen atoms in total. The number of hydrogen-bond acceptors (Lipinski definition) is 5. The molecule has 3 amide bonds. The van der Waals surface area contributed by atoms with Crippen LogP contribution in [0, 0.1) is 13.8 Å². The third kappa shape index (κ3) is 8.75. The summed E-state index contributed by atoms with van der Waals surface area (Å²) >= 11 is 7.51. The van der Waals surface area contributed by atoms with E-state index in [1.54, 1.807) is 54.6 Å². The fraction of sp³-hybridized carbons (Fsp3) is 0.0833. The molecule has 0 saturated heterocycles. The summed E-state index contributed by atoms with van der Waals surface area (Å²) in [6.07, 6.45) is 1.50. The van der Waals surface area contributed by atoms with Crippen LogP contribution < -0.4 is 16.0 Å². The lowest BCUT2D eigenvalue weighted by Crippen LogP contribution is -2.30. The smallest absolute Gasteiger partial charge is 0.272 e. The Labute approximate surface area is 270 Å². The van der Waals surface area contributed by atoms with E-state index in [0.29, 0.717) is 33.5 Å². The number of anilines is 2. The van der Waals surface area contributed by atoms with Gasteiger partial charge in [0.15, 0.2) is 0 Å². The molecule has 1 heterocycles. The summed E-state index contributed by atoms with van der Waals surface area (Å²) in [6.45, 7) is 3.91. The molecule has 1 aromatic heterocycles. The maximum Gasteiger partial charge on any atom is 0.272 e. The first-order valence-electron chi connectivity index (χ1n) is 14.1. The number of carbonyl (C=O) groups is 3. The van der Waals surface area contributed by atoms with Crippen LogP contribution in [0.3, 0.4) is 0 Å². The van der Waals surface area contributed by atoms with E-state index < -0.39 is 11.8 Å². The predicted molar refractivity (Wildman–Crippen MR) is 181 cm³/mol. The maximum absolute atomic E-state index is 13.4. The maximum atomic E-state index is 13.4. The highest BCUT2D eigenvalue weighted by Gasteiger charge is 2.16. The molecule has 3 N–H and O–H groups in total. The lowest BCUT2D eigenvalue weighted by molar-refractivity contribution is -0.114. The van der Waals surface area contributed by atoms with Crippen LogP contribution in [-0.2, 0) is 9.59 Å². The second kappa shape index (κ2) is 14.6. The third-order valence-electron chi connectivity index (χ3n) is 6.72. The molecule has 0 unspecified atom stereocenters. The molecular formula is C36H30ClN3O4S. The Bertz CT molecular complexity index is 1850. The zero-order chi connectivity index (χ0) is 31.8. The summed E-state index contributed by atoms with van der Waals surface area (Å²) in [7, 11) is 0. The Morgan fingerprint density at radius 1 is 0.800 bits per heavy atom. The van der Waals surface area contributed by atoms with Crippen molar-refractivity contribution in [1.82, 2.24) is 5.32 Å². The third-order valence-corrected chi connectivity index (χ3v) is 8.14. The molecule has 0 spiro atoms. The van der Waals surface area contributed by atoms with Gasteiger partial charge in [-0.3, -0.25) is 14.4 Å². The lowest BCUT2D eigenvalue weighted by Gasteiger charge is -2.11. The number of benzene rings is 4. The van der Waals surface area contributed by atoms with Crippen LogP contribution in [0.2, 0.25) is 5.02 Å². The van der Waals surface area contributed by atoms with Gasteiger partial charge in [-0.05, 0) is 80.1 Å². The fourth-order valence-electron chi connectivity index (χ4n) is 4.24. The van der Waals surface area contributed by atoms with Crippen LogP contribution in [0.5, 0.6) is 0 Å². The Hall–Kier alpha value is -5.05. The molecule has 9 heteroatoms. The molecule has 0 saturated carbocycles. The molecule has 0 atom stereocenters. The molecule has 0 aliphatic rings. The van der Waals surface area contributed by atoms with Crippen LogP contribution in [0.1, 0.15) is 27.2 Å². The molecule has 0 bridgehead atoms. The van der Waals surface area contributed by atoms with Gasteiger partial charge in [0.25, 0.3) is 11.8 Å². The number of aryl methyl sites for hydroxylation is 2. The molecule has 0 fully saturated rings. The highest BCUT2D eigenvalue weighted by molar-refractivity contribution is 8.00. The SMILES string of the molecule is Cc1ccc(-c2ccc(/C=C(\NC(=O)c3ccccc3)C(=O)Nc3ccc(SCC(=O)Nc4ccc(C)c(Cl)c4)cc3)o2)cc1. The second-order valence-corrected chi connectivity index (χ2v) is 11.7. The molecule has 0 radical (unpaired) electrons. The van der Waals surface area contributed by atoms with Crippen molar-refractivity contribution in [3.8, 4) is 11.3 Å². The highest BCUT2D eigenvalue weighted by Crippen LogP contribution is 2.25. The average molecular weight is 636 g/mol. The van der Waals surface area contributed by atoms with Crippen molar-refractivity contribution in [1.29, 1.82) is 0 Å². The molecular weight excluding hydrogens is 606 g/mol. The molecule has 5 rings (SSSR count). The van der Waals surface area contributed by atoms with Crippen LogP contribution >= 0.6 is 23.4 Å². The summed E-state index contributed by atoms with van der Waals surface area (Å²) in [4.78, 5) is 39.7. The minimum absolute atomic E-state index is 0.0139. The summed E-state index contributed by atoms with van der Waals surface area (Å²) in [6, 6.07) is 32.6. The van der Waals surface area contributed by atoms with E-state index in [1.165, 1.54) is 17.8 Å². The van der Waals surface area contributed by atoms with Crippen molar-refractivity contribution >= 4 is 58.5 Å². The number of hydrogen-bond donors (Lipinski definition) is 3. The summed E-state index contributed by atoms with van der Waals surface area (Å²) in [5.74, 6) is 0.125. The van der Waals surface area contributed by atoms with Gasteiger partial charge in [-0.2, -0.15) is 0 Å². The van der Waals surface area contributed by atoms with Crippen molar-refractivity contribution in [3.63, 3.8) is 0 Å². The van der Waals surface area contributed by atoms with E-state index in [0.717, 1.165) is 21.6 Å². The summed E-state index contributed by atoms with van der Waals surface area (Å²) in [5.41, 5.74) is 4.54. The van der Waals surface area contributed by atoms with Crippen LogP contribution in [0.15, 0.2) is 124 Å². The van der Waals surface area contributed by atoms with E-state index in [4.69, 9.17) is 16.0 Å². The van der Waals surface area contributed by atoms with Gasteiger partial charge in [0.2, 0.25) is 5.91 Å². The van der Waals surface area contributed by atoms with Crippen molar-refractivity contribution < 1.29 is 18.8 Å². The number of nitrogens with one attached hydrogen (secondary N) is 3. The highest BCUT2D eigenvalue weighted by atomic mass is 35.5.